The van der Waals surface area contributed by atoms with E-state index < -0.39 is 0 Å². The van der Waals surface area contributed by atoms with E-state index in [-0.39, 0.29) is 6.09 Å². The Morgan fingerprint density at radius 3 is 2.64 bits per heavy atom. The van der Waals surface area contributed by atoms with Crippen LogP contribution in [0.1, 0.15) is 18.4 Å². The van der Waals surface area contributed by atoms with Gasteiger partial charge in [-0.05, 0) is 18.4 Å². The van der Waals surface area contributed by atoms with E-state index in [1.165, 1.54) is 0 Å². The molecule has 1 amide bonds. The van der Waals surface area contributed by atoms with Crippen LogP contribution in [0.5, 0.6) is 0 Å². The molecule has 3 nitrogen and oxygen atoms in total. The molecule has 3 heteroatoms. The lowest BCUT2D eigenvalue weighted by molar-refractivity contribution is 0.141. The summed E-state index contributed by atoms with van der Waals surface area (Å²) in [6, 6.07) is 10.7. The summed E-state index contributed by atoms with van der Waals surface area (Å²) in [5, 5.41) is 2.68. The molecule has 0 heterocycles. The predicted octanol–water partition coefficient (Wildman–Crippen LogP) is 2.24. The lowest BCUT2D eigenvalue weighted by atomic mass is 10.2. The molecule has 1 aliphatic rings. The smallest absolute Gasteiger partial charge is 0.407 e. The average molecular weight is 190 g/mol. The minimum absolute atomic E-state index is 0.333. The van der Waals surface area contributed by atoms with Gasteiger partial charge in [0.25, 0.3) is 0 Å². The van der Waals surface area contributed by atoms with Crippen LogP contribution in [0, 0.1) is 6.04 Å². The van der Waals surface area contributed by atoms with Crippen LogP contribution in [0.3, 0.4) is 0 Å². The fourth-order valence-corrected chi connectivity index (χ4v) is 1.09. The number of hydrogen-bond acceptors (Lipinski definition) is 2. The first-order valence-electron chi connectivity index (χ1n) is 4.67. The third kappa shape index (κ3) is 2.76. The summed E-state index contributed by atoms with van der Waals surface area (Å²) in [7, 11) is 0. The zero-order chi connectivity index (χ0) is 9.80. The Bertz CT molecular complexity index is 306. The minimum Gasteiger partial charge on any atom is -0.445 e. The molecule has 1 aromatic carbocycles. The van der Waals surface area contributed by atoms with Crippen molar-refractivity contribution in [2.45, 2.75) is 19.4 Å². The highest BCUT2D eigenvalue weighted by Crippen LogP contribution is 2.27. The molecule has 1 fully saturated rings. The SMILES string of the molecule is O=C(N[C]1CC1)OCc1ccccc1. The molecule has 0 atom stereocenters. The van der Waals surface area contributed by atoms with Crippen molar-refractivity contribution in [1.29, 1.82) is 0 Å². The highest BCUT2D eigenvalue weighted by molar-refractivity contribution is 5.69. The van der Waals surface area contributed by atoms with Crippen LogP contribution in [0.2, 0.25) is 0 Å². The molecule has 0 saturated heterocycles. The summed E-state index contributed by atoms with van der Waals surface area (Å²) in [6.45, 7) is 0.333. The fraction of sp³-hybridized carbons (Fsp3) is 0.273. The highest BCUT2D eigenvalue weighted by Gasteiger charge is 2.25. The van der Waals surface area contributed by atoms with Crippen molar-refractivity contribution in [2.75, 3.05) is 0 Å². The molecule has 0 unspecified atom stereocenters. The van der Waals surface area contributed by atoms with Crippen molar-refractivity contribution in [3.63, 3.8) is 0 Å². The topological polar surface area (TPSA) is 38.3 Å². The summed E-state index contributed by atoms with van der Waals surface area (Å²) in [5.74, 6) is 0. The van der Waals surface area contributed by atoms with Crippen LogP contribution in [0.15, 0.2) is 30.3 Å². The minimum atomic E-state index is -0.346. The van der Waals surface area contributed by atoms with Gasteiger partial charge in [0.1, 0.15) is 6.61 Å². The average Bonchev–Trinajstić information content (AvgIpc) is 3.00. The maximum Gasteiger partial charge on any atom is 0.407 e. The van der Waals surface area contributed by atoms with E-state index in [0.717, 1.165) is 24.4 Å². The second kappa shape index (κ2) is 4.13. The van der Waals surface area contributed by atoms with Crippen LogP contribution in [0.25, 0.3) is 0 Å². The van der Waals surface area contributed by atoms with E-state index >= 15 is 0 Å². The van der Waals surface area contributed by atoms with Gasteiger partial charge in [-0.15, -0.1) is 0 Å². The number of carbonyl (C=O) groups excluding carboxylic acids is 1. The molecule has 1 aliphatic carbocycles. The van der Waals surface area contributed by atoms with Crippen molar-refractivity contribution < 1.29 is 9.53 Å². The second-order valence-electron chi connectivity index (χ2n) is 3.29. The Balaban J connectivity index is 1.73. The number of carbonyl (C=O) groups is 1. The summed E-state index contributed by atoms with van der Waals surface area (Å²) in [4.78, 5) is 11.1. The molecular formula is C11H12NO2. The Labute approximate surface area is 83.1 Å². The van der Waals surface area contributed by atoms with Crippen molar-refractivity contribution >= 4 is 6.09 Å². The lowest BCUT2D eigenvalue weighted by Crippen LogP contribution is -2.21. The number of ether oxygens (including phenoxy) is 1. The summed E-state index contributed by atoms with van der Waals surface area (Å²) >= 11 is 0. The van der Waals surface area contributed by atoms with Crippen molar-refractivity contribution in [2.24, 2.45) is 0 Å². The molecule has 2 rings (SSSR count). The summed E-state index contributed by atoms with van der Waals surface area (Å²) in [6.07, 6.45) is 1.65. The zero-order valence-electron chi connectivity index (χ0n) is 7.82. The molecule has 1 N–H and O–H groups in total. The number of benzene rings is 1. The van der Waals surface area contributed by atoms with Gasteiger partial charge in [-0.3, -0.25) is 0 Å². The Morgan fingerprint density at radius 2 is 2.00 bits per heavy atom. The molecule has 0 bridgehead atoms. The van der Waals surface area contributed by atoms with Gasteiger partial charge in [0, 0.05) is 0 Å². The molecule has 0 aromatic heterocycles. The monoisotopic (exact) mass is 190 g/mol. The van der Waals surface area contributed by atoms with Crippen LogP contribution in [-0.2, 0) is 11.3 Å². The Hall–Kier alpha value is -1.51. The van der Waals surface area contributed by atoms with Gasteiger partial charge in [-0.1, -0.05) is 30.3 Å². The Morgan fingerprint density at radius 1 is 1.29 bits per heavy atom. The van der Waals surface area contributed by atoms with E-state index in [0.29, 0.717) is 6.61 Å². The molecule has 73 valence electrons. The van der Waals surface area contributed by atoms with Crippen molar-refractivity contribution in [1.82, 2.24) is 5.32 Å². The number of hydrogen-bond donors (Lipinski definition) is 1. The molecule has 1 saturated carbocycles. The van der Waals surface area contributed by atoms with E-state index in [2.05, 4.69) is 5.32 Å². The molecule has 1 aromatic rings. The maximum atomic E-state index is 11.1. The third-order valence-electron chi connectivity index (χ3n) is 1.99. The summed E-state index contributed by atoms with van der Waals surface area (Å²) in [5.41, 5.74) is 1.00. The van der Waals surface area contributed by atoms with Crippen LogP contribution in [-0.4, -0.2) is 6.09 Å². The fourth-order valence-electron chi connectivity index (χ4n) is 1.09. The quantitative estimate of drug-likeness (QED) is 0.793. The first-order chi connectivity index (χ1) is 6.84. The molecule has 14 heavy (non-hydrogen) atoms. The molecular weight excluding hydrogens is 178 g/mol. The second-order valence-corrected chi connectivity index (χ2v) is 3.29. The van der Waals surface area contributed by atoms with E-state index in [1.807, 2.05) is 30.3 Å². The van der Waals surface area contributed by atoms with Gasteiger partial charge in [0.15, 0.2) is 0 Å². The number of amides is 1. The molecule has 0 aliphatic heterocycles. The zero-order valence-corrected chi connectivity index (χ0v) is 7.82. The standard InChI is InChI=1S/C11H12NO2/c13-11(12-10-6-7-10)14-8-9-4-2-1-3-5-9/h1-5H,6-8H2,(H,12,13). The van der Waals surface area contributed by atoms with Crippen LogP contribution < -0.4 is 5.32 Å². The normalized spacial score (nSPS) is 14.9. The van der Waals surface area contributed by atoms with Crippen molar-refractivity contribution in [3.8, 4) is 0 Å². The van der Waals surface area contributed by atoms with Gasteiger partial charge < -0.3 is 10.1 Å². The van der Waals surface area contributed by atoms with Gasteiger partial charge >= 0.3 is 6.09 Å². The third-order valence-corrected chi connectivity index (χ3v) is 1.99. The van der Waals surface area contributed by atoms with Crippen molar-refractivity contribution in [3.05, 3.63) is 41.9 Å². The lowest BCUT2D eigenvalue weighted by Gasteiger charge is -2.04. The van der Waals surface area contributed by atoms with Gasteiger partial charge in [0.05, 0.1) is 6.04 Å². The first kappa shape index (κ1) is 9.06. The molecule has 1 radical (unpaired) electrons. The number of rotatable bonds is 3. The van der Waals surface area contributed by atoms with E-state index in [9.17, 15) is 4.79 Å². The largest absolute Gasteiger partial charge is 0.445 e. The predicted molar refractivity (Wildman–Crippen MR) is 52.2 cm³/mol. The Kier molecular flexibility index (Phi) is 2.68. The molecule has 0 spiro atoms. The van der Waals surface area contributed by atoms with Gasteiger partial charge in [-0.25, -0.2) is 4.79 Å². The van der Waals surface area contributed by atoms with Gasteiger partial charge in [0.2, 0.25) is 0 Å². The van der Waals surface area contributed by atoms with Crippen LogP contribution in [0.4, 0.5) is 4.79 Å². The maximum absolute atomic E-state index is 11.1. The van der Waals surface area contributed by atoms with Crippen LogP contribution >= 0.6 is 0 Å². The summed E-state index contributed by atoms with van der Waals surface area (Å²) < 4.78 is 5.01. The van der Waals surface area contributed by atoms with Gasteiger partial charge in [-0.2, -0.15) is 0 Å². The van der Waals surface area contributed by atoms with E-state index in [4.69, 9.17) is 4.74 Å². The number of alkyl carbamates (subject to hydrolysis) is 1. The van der Waals surface area contributed by atoms with E-state index in [1.54, 1.807) is 0 Å². The number of nitrogens with one attached hydrogen (secondary N) is 1. The highest BCUT2D eigenvalue weighted by atomic mass is 16.5. The first-order valence-corrected chi connectivity index (χ1v) is 4.67.